The van der Waals surface area contributed by atoms with Gasteiger partial charge < -0.3 is 14.6 Å². The van der Waals surface area contributed by atoms with Gasteiger partial charge in [0.2, 0.25) is 0 Å². The second kappa shape index (κ2) is 7.04. The maximum absolute atomic E-state index is 12.7. The van der Waals surface area contributed by atoms with Crippen molar-refractivity contribution in [2.75, 3.05) is 11.9 Å². The molecule has 5 heteroatoms. The Kier molecular flexibility index (Phi) is 4.44. The number of ether oxygens (including phenoxy) is 1. The van der Waals surface area contributed by atoms with Crippen molar-refractivity contribution in [2.45, 2.75) is 26.3 Å². The van der Waals surface area contributed by atoms with Crippen molar-refractivity contribution in [3.8, 4) is 17.0 Å². The monoisotopic (exact) mass is 347 g/mol. The number of hydrogen-bond donors (Lipinski definition) is 1. The van der Waals surface area contributed by atoms with E-state index in [9.17, 15) is 4.79 Å². The maximum atomic E-state index is 12.7. The summed E-state index contributed by atoms with van der Waals surface area (Å²) in [5.74, 6) is 1.56. The number of amides is 1. The van der Waals surface area contributed by atoms with Crippen molar-refractivity contribution in [3.63, 3.8) is 0 Å². The first-order valence-electron chi connectivity index (χ1n) is 8.94. The van der Waals surface area contributed by atoms with E-state index in [4.69, 9.17) is 4.74 Å². The van der Waals surface area contributed by atoms with Gasteiger partial charge in [0.1, 0.15) is 11.6 Å². The summed E-state index contributed by atoms with van der Waals surface area (Å²) in [6.45, 7) is 3.43. The van der Waals surface area contributed by atoms with Gasteiger partial charge in [-0.2, -0.15) is 0 Å². The van der Waals surface area contributed by atoms with E-state index in [2.05, 4.69) is 14.9 Å². The van der Waals surface area contributed by atoms with E-state index in [1.165, 1.54) is 0 Å². The van der Waals surface area contributed by atoms with E-state index in [1.54, 1.807) is 6.07 Å². The smallest absolute Gasteiger partial charge is 0.259 e. The molecule has 132 valence electrons. The summed E-state index contributed by atoms with van der Waals surface area (Å²) in [6.07, 6.45) is 4.09. The molecule has 2 aromatic carbocycles. The van der Waals surface area contributed by atoms with Gasteiger partial charge in [-0.25, -0.2) is 4.98 Å². The molecule has 5 nitrogen and oxygen atoms in total. The van der Waals surface area contributed by atoms with Gasteiger partial charge in [-0.15, -0.1) is 0 Å². The normalized spacial score (nSPS) is 12.7. The van der Waals surface area contributed by atoms with Gasteiger partial charge in [0, 0.05) is 24.2 Å². The molecule has 3 aromatic rings. The summed E-state index contributed by atoms with van der Waals surface area (Å²) in [5, 5.41) is 2.98. The van der Waals surface area contributed by atoms with Gasteiger partial charge in [-0.1, -0.05) is 24.3 Å². The van der Waals surface area contributed by atoms with Gasteiger partial charge >= 0.3 is 0 Å². The number of benzene rings is 2. The lowest BCUT2D eigenvalue weighted by molar-refractivity contribution is 0.102. The van der Waals surface area contributed by atoms with Crippen LogP contribution in [-0.4, -0.2) is 22.1 Å². The summed E-state index contributed by atoms with van der Waals surface area (Å²) < 4.78 is 7.81. The fraction of sp³-hybridized carbons (Fsp3) is 0.238. The number of aryl methyl sites for hydroxylation is 1. The van der Waals surface area contributed by atoms with E-state index in [-0.39, 0.29) is 5.91 Å². The third-order valence-corrected chi connectivity index (χ3v) is 4.57. The summed E-state index contributed by atoms with van der Waals surface area (Å²) in [7, 11) is 0. The van der Waals surface area contributed by atoms with Crippen LogP contribution in [-0.2, 0) is 13.0 Å². The highest BCUT2D eigenvalue weighted by Gasteiger charge is 2.17. The molecule has 26 heavy (non-hydrogen) atoms. The van der Waals surface area contributed by atoms with E-state index in [0.29, 0.717) is 17.9 Å². The molecule has 2 heterocycles. The van der Waals surface area contributed by atoms with Crippen molar-refractivity contribution in [2.24, 2.45) is 0 Å². The van der Waals surface area contributed by atoms with Crippen molar-refractivity contribution >= 4 is 11.6 Å². The topological polar surface area (TPSA) is 56.1 Å². The van der Waals surface area contributed by atoms with Crippen LogP contribution in [0.15, 0.2) is 54.7 Å². The number of fused-ring (bicyclic) bond motifs is 1. The molecule has 1 N–H and O–H groups in total. The molecule has 1 aromatic heterocycles. The summed E-state index contributed by atoms with van der Waals surface area (Å²) >= 11 is 0. The Morgan fingerprint density at radius 2 is 2.12 bits per heavy atom. The minimum Gasteiger partial charge on any atom is -0.493 e. The van der Waals surface area contributed by atoms with Crippen LogP contribution < -0.4 is 10.1 Å². The first-order chi connectivity index (χ1) is 12.8. The van der Waals surface area contributed by atoms with Crippen LogP contribution in [0.1, 0.15) is 29.5 Å². The SMILES string of the molecule is CCOc1ccccc1C(=O)Nc1cccc(-c2cnc3n2CCC3)c1. The summed E-state index contributed by atoms with van der Waals surface area (Å²) in [4.78, 5) is 17.2. The van der Waals surface area contributed by atoms with Crippen LogP contribution in [0, 0.1) is 0 Å². The van der Waals surface area contributed by atoms with Gasteiger partial charge in [0.25, 0.3) is 5.91 Å². The molecule has 0 bridgehead atoms. The molecule has 1 amide bonds. The van der Waals surface area contributed by atoms with Crippen molar-refractivity contribution < 1.29 is 9.53 Å². The number of nitrogens with zero attached hydrogens (tertiary/aromatic N) is 2. The number of hydrogen-bond acceptors (Lipinski definition) is 3. The zero-order valence-electron chi connectivity index (χ0n) is 14.7. The third kappa shape index (κ3) is 3.08. The number of anilines is 1. The molecule has 0 saturated heterocycles. The fourth-order valence-electron chi connectivity index (χ4n) is 3.38. The second-order valence-electron chi connectivity index (χ2n) is 6.28. The van der Waals surface area contributed by atoms with E-state index in [1.807, 2.05) is 55.6 Å². The van der Waals surface area contributed by atoms with Crippen molar-refractivity contribution in [3.05, 3.63) is 66.1 Å². The predicted molar refractivity (Wildman–Crippen MR) is 102 cm³/mol. The Hall–Kier alpha value is -3.08. The molecular formula is C21H21N3O2. The standard InChI is InChI=1S/C21H21N3O2/c1-2-26-19-10-4-3-9-17(19)21(25)23-16-8-5-7-15(13-16)18-14-22-20-11-6-12-24(18)20/h3-5,7-10,13-14H,2,6,11-12H2,1H3,(H,23,25). The average Bonchev–Trinajstić information content (AvgIpc) is 3.26. The maximum Gasteiger partial charge on any atom is 0.259 e. The molecule has 0 radical (unpaired) electrons. The van der Waals surface area contributed by atoms with Gasteiger partial charge in [-0.3, -0.25) is 4.79 Å². The lowest BCUT2D eigenvalue weighted by Gasteiger charge is -2.11. The lowest BCUT2D eigenvalue weighted by atomic mass is 10.1. The molecule has 0 aliphatic carbocycles. The molecule has 1 aliphatic heterocycles. The highest BCUT2D eigenvalue weighted by atomic mass is 16.5. The second-order valence-corrected chi connectivity index (χ2v) is 6.28. The molecule has 0 spiro atoms. The molecular weight excluding hydrogens is 326 g/mol. The first-order valence-corrected chi connectivity index (χ1v) is 8.94. The highest BCUT2D eigenvalue weighted by molar-refractivity contribution is 6.06. The van der Waals surface area contributed by atoms with Crippen LogP contribution >= 0.6 is 0 Å². The number of rotatable bonds is 5. The Bertz CT molecular complexity index is 946. The summed E-state index contributed by atoms with van der Waals surface area (Å²) in [6, 6.07) is 15.2. The van der Waals surface area contributed by atoms with E-state index < -0.39 is 0 Å². The number of imidazole rings is 1. The quantitative estimate of drug-likeness (QED) is 0.754. The minimum atomic E-state index is -0.176. The molecule has 0 atom stereocenters. The molecule has 0 saturated carbocycles. The number of para-hydroxylation sites is 1. The van der Waals surface area contributed by atoms with Crippen molar-refractivity contribution in [1.82, 2.24) is 9.55 Å². The van der Waals surface area contributed by atoms with Crippen molar-refractivity contribution in [1.29, 1.82) is 0 Å². The van der Waals surface area contributed by atoms with Crippen LogP contribution in [0.3, 0.4) is 0 Å². The number of carbonyl (C=O) groups is 1. The fourth-order valence-corrected chi connectivity index (χ4v) is 3.38. The third-order valence-electron chi connectivity index (χ3n) is 4.57. The Morgan fingerprint density at radius 1 is 1.23 bits per heavy atom. The Morgan fingerprint density at radius 3 is 3.00 bits per heavy atom. The largest absolute Gasteiger partial charge is 0.493 e. The van der Waals surface area contributed by atoms with Crippen LogP contribution in [0.4, 0.5) is 5.69 Å². The number of carbonyl (C=O) groups excluding carboxylic acids is 1. The van der Waals surface area contributed by atoms with E-state index >= 15 is 0 Å². The lowest BCUT2D eigenvalue weighted by Crippen LogP contribution is -2.13. The number of aromatic nitrogens is 2. The average molecular weight is 347 g/mol. The van der Waals surface area contributed by atoms with E-state index in [0.717, 1.165) is 42.2 Å². The van der Waals surface area contributed by atoms with Crippen LogP contribution in [0.5, 0.6) is 5.75 Å². The Balaban J connectivity index is 1.59. The van der Waals surface area contributed by atoms with Gasteiger partial charge in [-0.05, 0) is 37.6 Å². The van der Waals surface area contributed by atoms with Crippen LogP contribution in [0.25, 0.3) is 11.3 Å². The molecule has 0 unspecified atom stereocenters. The molecule has 4 rings (SSSR count). The van der Waals surface area contributed by atoms with Crippen LogP contribution in [0.2, 0.25) is 0 Å². The summed E-state index contributed by atoms with van der Waals surface area (Å²) in [5.41, 5.74) is 3.45. The minimum absolute atomic E-state index is 0.176. The highest BCUT2D eigenvalue weighted by Crippen LogP contribution is 2.28. The molecule has 0 fully saturated rings. The zero-order chi connectivity index (χ0) is 17.9. The van der Waals surface area contributed by atoms with Gasteiger partial charge in [0.05, 0.1) is 24.1 Å². The zero-order valence-corrected chi connectivity index (χ0v) is 14.7. The van der Waals surface area contributed by atoms with Gasteiger partial charge in [0.15, 0.2) is 0 Å². The number of nitrogens with one attached hydrogen (secondary N) is 1. The molecule has 1 aliphatic rings. The Labute approximate surface area is 152 Å². The predicted octanol–water partition coefficient (Wildman–Crippen LogP) is 4.15. The first kappa shape index (κ1) is 16.4.